The fraction of sp³-hybridized carbons (Fsp3) is 0.462. The quantitative estimate of drug-likeness (QED) is 0.302. The number of rotatable bonds is 8. The van der Waals surface area contributed by atoms with Gasteiger partial charge in [-0.1, -0.05) is 0 Å². The number of benzene rings is 2. The molecule has 0 amide bonds. The zero-order chi connectivity index (χ0) is 25.9. The van der Waals surface area contributed by atoms with Gasteiger partial charge in [-0.25, -0.2) is 14.4 Å². The van der Waals surface area contributed by atoms with Crippen LogP contribution < -0.4 is 30.7 Å². The molecule has 0 radical (unpaired) electrons. The lowest BCUT2D eigenvalue weighted by Gasteiger charge is -2.23. The first-order valence-corrected chi connectivity index (χ1v) is 13.5. The highest BCUT2D eigenvalue weighted by Crippen LogP contribution is 2.35. The Bertz CT molecular complexity index is 1140. The van der Waals surface area contributed by atoms with E-state index in [1.807, 2.05) is 12.1 Å². The summed E-state index contributed by atoms with van der Waals surface area (Å²) >= 11 is 3.23. The fourth-order valence-corrected chi connectivity index (χ4v) is 4.53. The zero-order valence-electron chi connectivity index (χ0n) is 21.2. The molecule has 4 N–H and O–H groups in total. The second-order valence-electron chi connectivity index (χ2n) is 8.79. The predicted octanol–water partition coefficient (Wildman–Crippen LogP) is 3.14. The monoisotopic (exact) mass is 575 g/mol. The van der Waals surface area contributed by atoms with E-state index in [-0.39, 0.29) is 5.82 Å². The molecule has 1 saturated heterocycles. The van der Waals surface area contributed by atoms with E-state index in [4.69, 9.17) is 9.47 Å². The molecule has 0 unspecified atom stereocenters. The number of nitrogens with one attached hydrogen (secondary N) is 4. The molecule has 2 heterocycles. The SMILES string of the molecule is COc1cc2ncnc(Nc3ccc(F)c(Br)c3)c2cc1OCCCN1CCNCCNCCNCC1. The van der Waals surface area contributed by atoms with Gasteiger partial charge < -0.3 is 35.6 Å². The number of ether oxygens (including phenoxy) is 2. The van der Waals surface area contributed by atoms with Crippen molar-refractivity contribution in [1.29, 1.82) is 0 Å². The highest BCUT2D eigenvalue weighted by molar-refractivity contribution is 9.10. The molecule has 2 aromatic carbocycles. The lowest BCUT2D eigenvalue weighted by atomic mass is 10.2. The third-order valence-electron chi connectivity index (χ3n) is 6.15. The average Bonchev–Trinajstić information content (AvgIpc) is 2.89. The summed E-state index contributed by atoms with van der Waals surface area (Å²) in [5.74, 6) is 1.54. The second-order valence-corrected chi connectivity index (χ2v) is 9.64. The number of anilines is 2. The molecule has 1 aromatic heterocycles. The van der Waals surface area contributed by atoms with E-state index >= 15 is 0 Å². The second kappa shape index (κ2) is 14.4. The van der Waals surface area contributed by atoms with Crippen LogP contribution >= 0.6 is 15.9 Å². The Hall–Kier alpha value is -2.57. The van der Waals surface area contributed by atoms with Crippen molar-refractivity contribution in [1.82, 2.24) is 30.8 Å². The van der Waals surface area contributed by atoms with Gasteiger partial charge in [0.1, 0.15) is 18.0 Å². The van der Waals surface area contributed by atoms with Gasteiger partial charge in [0.2, 0.25) is 0 Å². The van der Waals surface area contributed by atoms with Crippen LogP contribution in [0.3, 0.4) is 0 Å². The molecule has 1 fully saturated rings. The van der Waals surface area contributed by atoms with Crippen LogP contribution in [0.2, 0.25) is 0 Å². The van der Waals surface area contributed by atoms with Gasteiger partial charge in [0, 0.05) is 76.0 Å². The molecule has 37 heavy (non-hydrogen) atoms. The first-order chi connectivity index (χ1) is 18.1. The summed E-state index contributed by atoms with van der Waals surface area (Å²) in [6.07, 6.45) is 2.38. The van der Waals surface area contributed by atoms with E-state index < -0.39 is 0 Å². The minimum absolute atomic E-state index is 0.323. The Balaban J connectivity index is 1.39. The maximum Gasteiger partial charge on any atom is 0.162 e. The Morgan fingerprint density at radius 1 is 0.973 bits per heavy atom. The molecule has 1 aliphatic heterocycles. The van der Waals surface area contributed by atoms with Crippen molar-refractivity contribution in [2.24, 2.45) is 0 Å². The Kier molecular flexibility index (Phi) is 10.7. The third kappa shape index (κ3) is 8.21. The van der Waals surface area contributed by atoms with Crippen LogP contribution in [0.1, 0.15) is 6.42 Å². The Morgan fingerprint density at radius 3 is 2.41 bits per heavy atom. The van der Waals surface area contributed by atoms with Crippen molar-refractivity contribution < 1.29 is 13.9 Å². The molecule has 1 aliphatic rings. The van der Waals surface area contributed by atoms with Gasteiger partial charge in [-0.15, -0.1) is 0 Å². The normalized spacial score (nSPS) is 16.1. The number of hydrogen-bond donors (Lipinski definition) is 4. The van der Waals surface area contributed by atoms with E-state index in [1.54, 1.807) is 19.2 Å². The van der Waals surface area contributed by atoms with E-state index in [1.165, 1.54) is 12.4 Å². The van der Waals surface area contributed by atoms with Crippen LogP contribution in [0.15, 0.2) is 41.1 Å². The highest BCUT2D eigenvalue weighted by Gasteiger charge is 2.13. The number of nitrogens with zero attached hydrogens (tertiary/aromatic N) is 3. The predicted molar refractivity (Wildman–Crippen MR) is 149 cm³/mol. The summed E-state index contributed by atoms with van der Waals surface area (Å²) in [6.45, 7) is 9.43. The van der Waals surface area contributed by atoms with Crippen LogP contribution in [-0.2, 0) is 0 Å². The lowest BCUT2D eigenvalue weighted by molar-refractivity contribution is 0.229. The van der Waals surface area contributed by atoms with Gasteiger partial charge in [0.25, 0.3) is 0 Å². The summed E-state index contributed by atoms with van der Waals surface area (Å²) in [6, 6.07) is 8.47. The van der Waals surface area contributed by atoms with Gasteiger partial charge in [0.05, 0.1) is 23.7 Å². The molecule has 0 spiro atoms. The first kappa shape index (κ1) is 27.5. The maximum absolute atomic E-state index is 13.7. The van der Waals surface area contributed by atoms with Gasteiger partial charge in [0.15, 0.2) is 11.5 Å². The van der Waals surface area contributed by atoms with Gasteiger partial charge >= 0.3 is 0 Å². The number of methoxy groups -OCH3 is 1. The van der Waals surface area contributed by atoms with Crippen molar-refractivity contribution in [3.8, 4) is 11.5 Å². The number of hydrogen-bond acceptors (Lipinski definition) is 9. The number of halogens is 2. The van der Waals surface area contributed by atoms with Crippen LogP contribution in [0.4, 0.5) is 15.9 Å². The molecule has 200 valence electrons. The minimum atomic E-state index is -0.323. The van der Waals surface area contributed by atoms with Crippen LogP contribution in [0.25, 0.3) is 10.9 Å². The Morgan fingerprint density at radius 2 is 1.70 bits per heavy atom. The number of fused-ring (bicyclic) bond motifs is 1. The summed E-state index contributed by atoms with van der Waals surface area (Å²) in [5, 5.41) is 14.5. The molecule has 11 heteroatoms. The molecule has 9 nitrogen and oxygen atoms in total. The first-order valence-electron chi connectivity index (χ1n) is 12.7. The van der Waals surface area contributed by atoms with E-state index in [2.05, 4.69) is 52.1 Å². The zero-order valence-corrected chi connectivity index (χ0v) is 22.7. The molecule has 4 rings (SSSR count). The summed E-state index contributed by atoms with van der Waals surface area (Å²) < 4.78 is 25.8. The van der Waals surface area contributed by atoms with Crippen LogP contribution in [0, 0.1) is 5.82 Å². The van der Waals surface area contributed by atoms with E-state index in [0.29, 0.717) is 34.1 Å². The molecule has 3 aromatic rings. The van der Waals surface area contributed by atoms with Crippen molar-refractivity contribution in [2.75, 3.05) is 77.9 Å². The van der Waals surface area contributed by atoms with Crippen molar-refractivity contribution in [3.05, 3.63) is 46.9 Å². The van der Waals surface area contributed by atoms with Gasteiger partial charge in [-0.3, -0.25) is 0 Å². The molecule has 0 bridgehead atoms. The van der Waals surface area contributed by atoms with Crippen molar-refractivity contribution in [2.45, 2.75) is 6.42 Å². The minimum Gasteiger partial charge on any atom is -0.493 e. The summed E-state index contributed by atoms with van der Waals surface area (Å²) in [4.78, 5) is 11.3. The average molecular weight is 577 g/mol. The molecule has 0 saturated carbocycles. The van der Waals surface area contributed by atoms with E-state index in [0.717, 1.165) is 76.2 Å². The molecular formula is C26H35BrFN7O2. The fourth-order valence-electron chi connectivity index (χ4n) is 4.16. The topological polar surface area (TPSA) is 95.6 Å². The highest BCUT2D eigenvalue weighted by atomic mass is 79.9. The smallest absolute Gasteiger partial charge is 0.162 e. The lowest BCUT2D eigenvalue weighted by Crippen LogP contribution is -2.42. The molecule has 0 aliphatic carbocycles. The standard InChI is InChI=1S/C26H35BrFN7O2/c1-36-24-17-23-20(26(33-18-32-23)34-19-3-4-22(28)21(27)15-19)16-25(24)37-14-2-11-35-12-9-30-7-5-29-6-8-31-10-13-35/h3-4,15-18,29-31H,2,5-14H2,1H3,(H,32,33,34). The van der Waals surface area contributed by atoms with Crippen molar-refractivity contribution >= 4 is 38.3 Å². The molecule has 0 atom stereocenters. The molecular weight excluding hydrogens is 541 g/mol. The summed E-state index contributed by atoms with van der Waals surface area (Å²) in [5.41, 5.74) is 1.43. The maximum atomic E-state index is 13.7. The van der Waals surface area contributed by atoms with Gasteiger partial charge in [-0.2, -0.15) is 0 Å². The largest absolute Gasteiger partial charge is 0.493 e. The number of aromatic nitrogens is 2. The third-order valence-corrected chi connectivity index (χ3v) is 6.75. The van der Waals surface area contributed by atoms with Crippen LogP contribution in [0.5, 0.6) is 11.5 Å². The van der Waals surface area contributed by atoms with Crippen molar-refractivity contribution in [3.63, 3.8) is 0 Å². The van der Waals surface area contributed by atoms with E-state index in [9.17, 15) is 4.39 Å². The Labute approximate surface area is 225 Å². The van der Waals surface area contributed by atoms with Crippen LogP contribution in [-0.4, -0.2) is 87.5 Å². The van der Waals surface area contributed by atoms with Gasteiger partial charge in [-0.05, 0) is 46.6 Å². The summed E-state index contributed by atoms with van der Waals surface area (Å²) in [7, 11) is 1.62.